The minimum absolute atomic E-state index is 0.0917. The van der Waals surface area contributed by atoms with Gasteiger partial charge in [0, 0.05) is 32.1 Å². The maximum atomic E-state index is 12.9. The SMILES string of the molecule is Cc1nnc(-c2ccccc2C(=O)NC2CCN(C(C)c3ccccc3)CC2)o1. The Morgan fingerprint density at radius 3 is 2.45 bits per heavy atom. The van der Waals surface area contributed by atoms with E-state index in [9.17, 15) is 4.79 Å². The second-order valence-electron chi connectivity index (χ2n) is 7.54. The van der Waals surface area contributed by atoms with Gasteiger partial charge in [-0.1, -0.05) is 42.5 Å². The van der Waals surface area contributed by atoms with Gasteiger partial charge in [0.15, 0.2) is 0 Å². The molecule has 4 rings (SSSR count). The lowest BCUT2D eigenvalue weighted by Gasteiger charge is -2.36. The van der Waals surface area contributed by atoms with E-state index in [1.54, 1.807) is 13.0 Å². The number of aryl methyl sites for hydroxylation is 1. The summed E-state index contributed by atoms with van der Waals surface area (Å²) in [5.41, 5.74) is 2.57. The van der Waals surface area contributed by atoms with Gasteiger partial charge in [-0.05, 0) is 37.5 Å². The summed E-state index contributed by atoms with van der Waals surface area (Å²) in [5.74, 6) is 0.765. The van der Waals surface area contributed by atoms with Crippen molar-refractivity contribution in [2.75, 3.05) is 13.1 Å². The van der Waals surface area contributed by atoms with Crippen LogP contribution < -0.4 is 5.32 Å². The number of nitrogens with one attached hydrogen (secondary N) is 1. The molecule has 6 nitrogen and oxygen atoms in total. The summed E-state index contributed by atoms with van der Waals surface area (Å²) in [6.45, 7) is 5.91. The minimum atomic E-state index is -0.0917. The number of rotatable bonds is 5. The van der Waals surface area contributed by atoms with Crippen molar-refractivity contribution >= 4 is 5.91 Å². The maximum absolute atomic E-state index is 12.9. The average Bonchev–Trinajstić information content (AvgIpc) is 3.20. The molecular weight excluding hydrogens is 364 g/mol. The van der Waals surface area contributed by atoms with Crippen LogP contribution in [-0.4, -0.2) is 40.1 Å². The van der Waals surface area contributed by atoms with Crippen LogP contribution in [0, 0.1) is 6.92 Å². The summed E-state index contributed by atoms with van der Waals surface area (Å²) in [6.07, 6.45) is 1.87. The van der Waals surface area contributed by atoms with E-state index in [1.807, 2.05) is 24.3 Å². The van der Waals surface area contributed by atoms with E-state index in [0.717, 1.165) is 25.9 Å². The molecule has 1 fully saturated rings. The monoisotopic (exact) mass is 390 g/mol. The number of carbonyl (C=O) groups is 1. The van der Waals surface area contributed by atoms with Crippen molar-refractivity contribution in [2.45, 2.75) is 38.8 Å². The van der Waals surface area contributed by atoms with Crippen LogP contribution in [0.4, 0.5) is 0 Å². The first-order valence-corrected chi connectivity index (χ1v) is 10.1. The molecule has 1 saturated heterocycles. The molecule has 3 aromatic rings. The Labute approximate surface area is 170 Å². The Hall–Kier alpha value is -2.99. The molecule has 1 atom stereocenters. The Bertz CT molecular complexity index is 962. The third-order valence-corrected chi connectivity index (χ3v) is 5.62. The molecule has 2 aromatic carbocycles. The standard InChI is InChI=1S/C23H26N4O2/c1-16(18-8-4-3-5-9-18)27-14-12-19(13-15-27)24-22(28)20-10-6-7-11-21(20)23-26-25-17(2)29-23/h3-11,16,19H,12-15H2,1-2H3,(H,24,28). The molecule has 150 valence electrons. The topological polar surface area (TPSA) is 71.3 Å². The molecular formula is C23H26N4O2. The molecule has 1 aliphatic rings. The van der Waals surface area contributed by atoms with Gasteiger partial charge in [0.05, 0.1) is 11.1 Å². The van der Waals surface area contributed by atoms with Gasteiger partial charge in [-0.25, -0.2) is 0 Å². The number of hydrogen-bond donors (Lipinski definition) is 1. The Balaban J connectivity index is 1.39. The van der Waals surface area contributed by atoms with Gasteiger partial charge < -0.3 is 9.73 Å². The number of benzene rings is 2. The van der Waals surface area contributed by atoms with E-state index in [0.29, 0.717) is 29.0 Å². The fourth-order valence-corrected chi connectivity index (χ4v) is 3.91. The number of nitrogens with zero attached hydrogens (tertiary/aromatic N) is 3. The molecule has 0 bridgehead atoms. The highest BCUT2D eigenvalue weighted by molar-refractivity contribution is 6.00. The largest absolute Gasteiger partial charge is 0.421 e. The quantitative estimate of drug-likeness (QED) is 0.713. The maximum Gasteiger partial charge on any atom is 0.252 e. The van der Waals surface area contributed by atoms with Crippen LogP contribution in [0.25, 0.3) is 11.5 Å². The second-order valence-corrected chi connectivity index (χ2v) is 7.54. The van der Waals surface area contributed by atoms with Crippen LogP contribution in [0.15, 0.2) is 59.0 Å². The zero-order chi connectivity index (χ0) is 20.2. The van der Waals surface area contributed by atoms with Crippen molar-refractivity contribution in [1.29, 1.82) is 0 Å². The molecule has 1 aliphatic heterocycles. The van der Waals surface area contributed by atoms with Gasteiger partial charge in [-0.2, -0.15) is 0 Å². The van der Waals surface area contributed by atoms with Crippen LogP contribution in [0.2, 0.25) is 0 Å². The zero-order valence-electron chi connectivity index (χ0n) is 16.8. The van der Waals surface area contributed by atoms with E-state index in [1.165, 1.54) is 5.56 Å². The van der Waals surface area contributed by atoms with Crippen molar-refractivity contribution in [3.8, 4) is 11.5 Å². The molecule has 6 heteroatoms. The molecule has 2 heterocycles. The Morgan fingerprint density at radius 1 is 1.07 bits per heavy atom. The van der Waals surface area contributed by atoms with Gasteiger partial charge in [-0.15, -0.1) is 10.2 Å². The number of amides is 1. The summed E-state index contributed by atoms with van der Waals surface area (Å²) in [6, 6.07) is 18.5. The molecule has 0 aliphatic carbocycles. The van der Waals surface area contributed by atoms with Crippen LogP contribution in [0.1, 0.15) is 47.6 Å². The molecule has 0 saturated carbocycles. The average molecular weight is 390 g/mol. The number of hydrogen-bond acceptors (Lipinski definition) is 5. The summed E-state index contributed by atoms with van der Waals surface area (Å²) in [4.78, 5) is 15.4. The number of likely N-dealkylation sites (tertiary alicyclic amines) is 1. The fraction of sp³-hybridized carbons (Fsp3) is 0.348. The molecule has 0 radical (unpaired) electrons. The lowest BCUT2D eigenvalue weighted by molar-refractivity contribution is 0.0896. The van der Waals surface area contributed by atoms with E-state index in [-0.39, 0.29) is 11.9 Å². The molecule has 29 heavy (non-hydrogen) atoms. The summed E-state index contributed by atoms with van der Waals surface area (Å²) in [7, 11) is 0. The van der Waals surface area contributed by atoms with Crippen molar-refractivity contribution in [3.05, 3.63) is 71.6 Å². The highest BCUT2D eigenvalue weighted by Crippen LogP contribution is 2.25. The first kappa shape index (κ1) is 19.3. The minimum Gasteiger partial charge on any atom is -0.421 e. The van der Waals surface area contributed by atoms with Gasteiger partial charge >= 0.3 is 0 Å². The van der Waals surface area contributed by atoms with Crippen molar-refractivity contribution in [2.24, 2.45) is 0 Å². The lowest BCUT2D eigenvalue weighted by atomic mass is 9.99. The Kier molecular flexibility index (Phi) is 5.71. The summed E-state index contributed by atoms with van der Waals surface area (Å²) >= 11 is 0. The molecule has 1 aromatic heterocycles. The third-order valence-electron chi connectivity index (χ3n) is 5.62. The normalized spacial score (nSPS) is 16.5. The summed E-state index contributed by atoms with van der Waals surface area (Å²) < 4.78 is 5.52. The number of piperidine rings is 1. The van der Waals surface area contributed by atoms with E-state index in [2.05, 4.69) is 51.6 Å². The van der Waals surface area contributed by atoms with E-state index >= 15 is 0 Å². The predicted molar refractivity (Wildman–Crippen MR) is 111 cm³/mol. The molecule has 1 unspecified atom stereocenters. The predicted octanol–water partition coefficient (Wildman–Crippen LogP) is 4.00. The van der Waals surface area contributed by atoms with Gasteiger partial charge in [0.1, 0.15) is 0 Å². The van der Waals surface area contributed by atoms with E-state index in [4.69, 9.17) is 4.42 Å². The smallest absolute Gasteiger partial charge is 0.252 e. The zero-order valence-corrected chi connectivity index (χ0v) is 16.8. The number of aromatic nitrogens is 2. The highest BCUT2D eigenvalue weighted by atomic mass is 16.4. The summed E-state index contributed by atoms with van der Waals surface area (Å²) in [5, 5.41) is 11.1. The van der Waals surface area contributed by atoms with Crippen LogP contribution in [-0.2, 0) is 0 Å². The molecule has 0 spiro atoms. The van der Waals surface area contributed by atoms with Crippen molar-refractivity contribution in [1.82, 2.24) is 20.4 Å². The second kappa shape index (κ2) is 8.57. The number of carbonyl (C=O) groups excluding carboxylic acids is 1. The van der Waals surface area contributed by atoms with Crippen LogP contribution >= 0.6 is 0 Å². The third kappa shape index (κ3) is 4.38. The van der Waals surface area contributed by atoms with Gasteiger partial charge in [-0.3, -0.25) is 9.69 Å². The van der Waals surface area contributed by atoms with Gasteiger partial charge in [0.2, 0.25) is 11.8 Å². The van der Waals surface area contributed by atoms with Crippen molar-refractivity contribution in [3.63, 3.8) is 0 Å². The Morgan fingerprint density at radius 2 is 1.76 bits per heavy atom. The first-order chi connectivity index (χ1) is 14.1. The van der Waals surface area contributed by atoms with Crippen LogP contribution in [0.5, 0.6) is 0 Å². The first-order valence-electron chi connectivity index (χ1n) is 10.1. The van der Waals surface area contributed by atoms with Crippen LogP contribution in [0.3, 0.4) is 0 Å². The van der Waals surface area contributed by atoms with Crippen molar-refractivity contribution < 1.29 is 9.21 Å². The molecule has 1 N–H and O–H groups in total. The van der Waals surface area contributed by atoms with E-state index < -0.39 is 0 Å². The fourth-order valence-electron chi connectivity index (χ4n) is 3.91. The molecule has 1 amide bonds. The lowest BCUT2D eigenvalue weighted by Crippen LogP contribution is -2.45. The highest BCUT2D eigenvalue weighted by Gasteiger charge is 2.25. The van der Waals surface area contributed by atoms with Gasteiger partial charge in [0.25, 0.3) is 5.91 Å².